The molecule has 0 saturated carbocycles. The van der Waals surface area contributed by atoms with Crippen LogP contribution in [0, 0.1) is 10.1 Å². The van der Waals surface area contributed by atoms with Crippen LogP contribution >= 0.6 is 0 Å². The van der Waals surface area contributed by atoms with Crippen LogP contribution in [-0.2, 0) is 6.42 Å². The summed E-state index contributed by atoms with van der Waals surface area (Å²) in [5.74, 6) is 0.433. The molecule has 4 nitrogen and oxygen atoms in total. The summed E-state index contributed by atoms with van der Waals surface area (Å²) in [6.07, 6.45) is 0.726. The first-order chi connectivity index (χ1) is 6.49. The molecule has 0 saturated heterocycles. The molecule has 74 valence electrons. The minimum atomic E-state index is -0.403. The molecule has 4 heteroatoms. The van der Waals surface area contributed by atoms with Crippen LogP contribution < -0.4 is 4.74 Å². The van der Waals surface area contributed by atoms with E-state index in [0.29, 0.717) is 5.75 Å². The van der Waals surface area contributed by atoms with Gasteiger partial charge in [0.25, 0.3) is 0 Å². The number of para-hydroxylation sites is 1. The molecule has 0 amide bonds. The molecule has 0 radical (unpaired) electrons. The lowest BCUT2D eigenvalue weighted by Gasteiger charge is -2.16. The second-order valence-corrected chi connectivity index (χ2v) is 4.06. The zero-order chi connectivity index (χ0) is 10.3. The normalized spacial score (nSPS) is 17.3. The van der Waals surface area contributed by atoms with Crippen molar-refractivity contribution < 1.29 is 9.66 Å². The van der Waals surface area contributed by atoms with Gasteiger partial charge in [0.05, 0.1) is 4.92 Å². The highest BCUT2D eigenvalue weighted by atomic mass is 16.6. The van der Waals surface area contributed by atoms with Gasteiger partial charge in [0, 0.05) is 18.1 Å². The van der Waals surface area contributed by atoms with Crippen LogP contribution in [0.15, 0.2) is 18.2 Å². The molecule has 1 aliphatic rings. The number of hydrogen-bond acceptors (Lipinski definition) is 3. The number of hydrogen-bond donors (Lipinski definition) is 0. The van der Waals surface area contributed by atoms with Crippen molar-refractivity contribution in [2.45, 2.75) is 25.9 Å². The Kier molecular flexibility index (Phi) is 1.74. The van der Waals surface area contributed by atoms with Gasteiger partial charge in [-0.1, -0.05) is 12.1 Å². The molecule has 0 N–H and O–H groups in total. The van der Waals surface area contributed by atoms with Crippen LogP contribution in [0.4, 0.5) is 5.69 Å². The Labute approximate surface area is 81.7 Å². The third kappa shape index (κ3) is 1.32. The highest BCUT2D eigenvalue weighted by Crippen LogP contribution is 2.41. The Bertz CT molecular complexity index is 398. The number of nitro benzene ring substituents is 1. The second kappa shape index (κ2) is 2.70. The first kappa shape index (κ1) is 8.99. The zero-order valence-electron chi connectivity index (χ0n) is 8.11. The van der Waals surface area contributed by atoms with Gasteiger partial charge in [-0.05, 0) is 13.8 Å². The van der Waals surface area contributed by atoms with Gasteiger partial charge in [-0.2, -0.15) is 0 Å². The number of rotatable bonds is 1. The van der Waals surface area contributed by atoms with Crippen LogP contribution in [0.25, 0.3) is 0 Å². The predicted molar refractivity (Wildman–Crippen MR) is 51.5 cm³/mol. The van der Waals surface area contributed by atoms with Crippen molar-refractivity contribution in [3.8, 4) is 5.75 Å². The summed E-state index contributed by atoms with van der Waals surface area (Å²) in [6.45, 7) is 3.85. The van der Waals surface area contributed by atoms with Crippen molar-refractivity contribution in [3.05, 3.63) is 33.9 Å². The largest absolute Gasteiger partial charge is 0.480 e. The average Bonchev–Trinajstić information content (AvgIpc) is 2.36. The lowest BCUT2D eigenvalue weighted by molar-refractivity contribution is -0.386. The summed E-state index contributed by atoms with van der Waals surface area (Å²) in [5.41, 5.74) is 0.659. The van der Waals surface area contributed by atoms with E-state index >= 15 is 0 Å². The maximum atomic E-state index is 10.7. The van der Waals surface area contributed by atoms with E-state index < -0.39 is 4.92 Å². The van der Waals surface area contributed by atoms with E-state index in [1.807, 2.05) is 19.9 Å². The van der Waals surface area contributed by atoms with Gasteiger partial charge in [0.15, 0.2) is 0 Å². The van der Waals surface area contributed by atoms with E-state index in [1.54, 1.807) is 6.07 Å². The Morgan fingerprint density at radius 2 is 2.21 bits per heavy atom. The molecule has 0 aliphatic carbocycles. The summed E-state index contributed by atoms with van der Waals surface area (Å²) < 4.78 is 5.55. The molecule has 0 aromatic heterocycles. The number of benzene rings is 1. The SMILES string of the molecule is CC1(C)Cc2cccc([N+](=O)[O-])c2O1. The number of nitrogens with zero attached hydrogens (tertiary/aromatic N) is 1. The molecule has 0 unspecified atom stereocenters. The molecule has 0 spiro atoms. The molecule has 2 rings (SSSR count). The maximum absolute atomic E-state index is 10.7. The van der Waals surface area contributed by atoms with E-state index in [9.17, 15) is 10.1 Å². The molecular formula is C10H11NO3. The van der Waals surface area contributed by atoms with Crippen molar-refractivity contribution in [2.24, 2.45) is 0 Å². The summed E-state index contributed by atoms with van der Waals surface area (Å²) in [5, 5.41) is 10.7. The van der Waals surface area contributed by atoms with Gasteiger partial charge in [-0.25, -0.2) is 0 Å². The summed E-state index contributed by atoms with van der Waals surface area (Å²) in [4.78, 5) is 10.3. The maximum Gasteiger partial charge on any atom is 0.311 e. The zero-order valence-corrected chi connectivity index (χ0v) is 8.11. The fraction of sp³-hybridized carbons (Fsp3) is 0.400. The molecule has 0 fully saturated rings. The third-order valence-corrected chi connectivity index (χ3v) is 2.27. The van der Waals surface area contributed by atoms with Crippen LogP contribution in [0.5, 0.6) is 5.75 Å². The molecular weight excluding hydrogens is 182 g/mol. The standard InChI is InChI=1S/C10H11NO3/c1-10(2)6-7-4-3-5-8(11(12)13)9(7)14-10/h3-5H,6H2,1-2H3. The fourth-order valence-corrected chi connectivity index (χ4v) is 1.74. The van der Waals surface area contributed by atoms with E-state index in [4.69, 9.17) is 4.74 Å². The van der Waals surface area contributed by atoms with Crippen LogP contribution in [0.3, 0.4) is 0 Å². The predicted octanol–water partition coefficient (Wildman–Crippen LogP) is 2.31. The highest BCUT2D eigenvalue weighted by molar-refractivity contribution is 5.54. The Morgan fingerprint density at radius 1 is 1.50 bits per heavy atom. The lowest BCUT2D eigenvalue weighted by atomic mass is 10.0. The van der Waals surface area contributed by atoms with Gasteiger partial charge in [0.1, 0.15) is 5.60 Å². The number of ether oxygens (including phenoxy) is 1. The third-order valence-electron chi connectivity index (χ3n) is 2.27. The van der Waals surface area contributed by atoms with Crippen molar-refractivity contribution in [2.75, 3.05) is 0 Å². The Hall–Kier alpha value is -1.58. The molecule has 1 aromatic rings. The minimum Gasteiger partial charge on any atom is -0.480 e. The smallest absolute Gasteiger partial charge is 0.311 e. The van der Waals surface area contributed by atoms with E-state index in [-0.39, 0.29) is 11.3 Å². The Balaban J connectivity index is 2.52. The van der Waals surface area contributed by atoms with Crippen molar-refractivity contribution >= 4 is 5.69 Å². The first-order valence-electron chi connectivity index (χ1n) is 4.45. The fourth-order valence-electron chi connectivity index (χ4n) is 1.74. The molecule has 1 aliphatic heterocycles. The van der Waals surface area contributed by atoms with Crippen molar-refractivity contribution in [1.82, 2.24) is 0 Å². The van der Waals surface area contributed by atoms with Crippen molar-refractivity contribution in [1.29, 1.82) is 0 Å². The van der Waals surface area contributed by atoms with Crippen LogP contribution in [0.1, 0.15) is 19.4 Å². The molecule has 0 bridgehead atoms. The van der Waals surface area contributed by atoms with E-state index in [0.717, 1.165) is 12.0 Å². The second-order valence-electron chi connectivity index (χ2n) is 4.06. The molecule has 0 atom stereocenters. The molecule has 1 aromatic carbocycles. The number of fused-ring (bicyclic) bond motifs is 1. The highest BCUT2D eigenvalue weighted by Gasteiger charge is 2.34. The summed E-state index contributed by atoms with van der Waals surface area (Å²) in [7, 11) is 0. The molecule has 14 heavy (non-hydrogen) atoms. The van der Waals surface area contributed by atoms with Crippen LogP contribution in [-0.4, -0.2) is 10.5 Å². The quantitative estimate of drug-likeness (QED) is 0.508. The average molecular weight is 193 g/mol. The van der Waals surface area contributed by atoms with Gasteiger partial charge >= 0.3 is 5.69 Å². The Morgan fingerprint density at radius 3 is 2.86 bits per heavy atom. The van der Waals surface area contributed by atoms with E-state index in [2.05, 4.69) is 0 Å². The molecule has 1 heterocycles. The summed E-state index contributed by atoms with van der Waals surface area (Å²) >= 11 is 0. The van der Waals surface area contributed by atoms with Gasteiger partial charge in [-0.15, -0.1) is 0 Å². The topological polar surface area (TPSA) is 52.4 Å². The van der Waals surface area contributed by atoms with Crippen molar-refractivity contribution in [3.63, 3.8) is 0 Å². The minimum absolute atomic E-state index is 0.0630. The van der Waals surface area contributed by atoms with Crippen LogP contribution in [0.2, 0.25) is 0 Å². The van der Waals surface area contributed by atoms with Gasteiger partial charge in [-0.3, -0.25) is 10.1 Å². The van der Waals surface area contributed by atoms with E-state index in [1.165, 1.54) is 6.07 Å². The van der Waals surface area contributed by atoms with Gasteiger partial charge in [0.2, 0.25) is 5.75 Å². The monoisotopic (exact) mass is 193 g/mol. The first-order valence-corrected chi connectivity index (χ1v) is 4.45. The number of nitro groups is 1. The summed E-state index contributed by atoms with van der Waals surface area (Å²) in [6, 6.07) is 5.04. The lowest BCUT2D eigenvalue weighted by Crippen LogP contribution is -2.24. The van der Waals surface area contributed by atoms with Gasteiger partial charge < -0.3 is 4.74 Å².